The highest BCUT2D eigenvalue weighted by molar-refractivity contribution is 9.11. The van der Waals surface area contributed by atoms with Crippen molar-refractivity contribution in [1.82, 2.24) is 0 Å². The molecule has 0 spiro atoms. The van der Waals surface area contributed by atoms with Gasteiger partial charge in [-0.25, -0.2) is 0 Å². The molecule has 0 unspecified atom stereocenters. The highest BCUT2D eigenvalue weighted by Gasteiger charge is 1.84. The molecule has 0 radical (unpaired) electrons. The Bertz CT molecular complexity index is 105. The van der Waals surface area contributed by atoms with Crippen LogP contribution in [0.2, 0.25) is 0 Å². The average Bonchev–Trinajstić information content (AvgIpc) is 1.65. The third-order valence-corrected chi connectivity index (χ3v) is 1.53. The van der Waals surface area contributed by atoms with E-state index in [0.29, 0.717) is 5.70 Å². The van der Waals surface area contributed by atoms with Gasteiger partial charge in [-0.3, -0.25) is 0 Å². The van der Waals surface area contributed by atoms with Gasteiger partial charge in [0.25, 0.3) is 0 Å². The van der Waals surface area contributed by atoms with Gasteiger partial charge in [0.1, 0.15) is 0 Å². The SMILES string of the molecule is C=C(N)/C(Br)=C\C. The molecule has 0 aliphatic rings. The summed E-state index contributed by atoms with van der Waals surface area (Å²) in [5.41, 5.74) is 5.81. The highest BCUT2D eigenvalue weighted by atomic mass is 79.9. The standard InChI is InChI=1S/C5H8BrN/c1-3-5(6)4(2)7/h3H,2,7H2,1H3/b5-3+. The molecule has 2 N–H and O–H groups in total. The van der Waals surface area contributed by atoms with Gasteiger partial charge in [0.2, 0.25) is 0 Å². The molecule has 0 aromatic carbocycles. The van der Waals surface area contributed by atoms with Crippen molar-refractivity contribution in [3.05, 3.63) is 22.8 Å². The molecule has 0 aromatic rings. The van der Waals surface area contributed by atoms with E-state index < -0.39 is 0 Å². The summed E-state index contributed by atoms with van der Waals surface area (Å²) < 4.78 is 0.868. The molecule has 0 aromatic heterocycles. The molecule has 0 saturated carbocycles. The predicted molar refractivity (Wildman–Crippen MR) is 36.0 cm³/mol. The largest absolute Gasteiger partial charge is 0.398 e. The molecule has 40 valence electrons. The van der Waals surface area contributed by atoms with E-state index in [1.807, 2.05) is 13.0 Å². The zero-order chi connectivity index (χ0) is 5.86. The Morgan fingerprint density at radius 1 is 1.86 bits per heavy atom. The van der Waals surface area contributed by atoms with Crippen LogP contribution < -0.4 is 5.73 Å². The highest BCUT2D eigenvalue weighted by Crippen LogP contribution is 2.08. The summed E-state index contributed by atoms with van der Waals surface area (Å²) in [6.07, 6.45) is 1.85. The number of hydrogen-bond acceptors (Lipinski definition) is 1. The van der Waals surface area contributed by atoms with Crippen LogP contribution in [0.3, 0.4) is 0 Å². The van der Waals surface area contributed by atoms with Crippen LogP contribution in [0.4, 0.5) is 0 Å². The van der Waals surface area contributed by atoms with Crippen molar-refractivity contribution in [2.45, 2.75) is 6.92 Å². The van der Waals surface area contributed by atoms with E-state index in [4.69, 9.17) is 5.73 Å². The fourth-order valence-corrected chi connectivity index (χ4v) is 0.185. The van der Waals surface area contributed by atoms with Crippen LogP contribution in [0.1, 0.15) is 6.92 Å². The van der Waals surface area contributed by atoms with Gasteiger partial charge in [0, 0.05) is 10.2 Å². The summed E-state index contributed by atoms with van der Waals surface area (Å²) in [6, 6.07) is 0. The first-order valence-corrected chi connectivity index (χ1v) is 2.74. The van der Waals surface area contributed by atoms with Crippen LogP contribution >= 0.6 is 15.9 Å². The molecule has 0 bridgehead atoms. The lowest BCUT2D eigenvalue weighted by atomic mass is 10.4. The molecule has 0 saturated heterocycles. The normalized spacial score (nSPS) is 11.4. The van der Waals surface area contributed by atoms with Crippen LogP contribution in [0.5, 0.6) is 0 Å². The third-order valence-electron chi connectivity index (χ3n) is 0.560. The first kappa shape index (κ1) is 6.76. The van der Waals surface area contributed by atoms with Gasteiger partial charge in [-0.1, -0.05) is 12.7 Å². The predicted octanol–water partition coefficient (Wildman–Crippen LogP) is 1.76. The van der Waals surface area contributed by atoms with Gasteiger partial charge in [0.15, 0.2) is 0 Å². The lowest BCUT2D eigenvalue weighted by molar-refractivity contribution is 1.43. The van der Waals surface area contributed by atoms with Gasteiger partial charge in [0.05, 0.1) is 0 Å². The van der Waals surface area contributed by atoms with Crippen LogP contribution in [0.25, 0.3) is 0 Å². The van der Waals surface area contributed by atoms with Gasteiger partial charge >= 0.3 is 0 Å². The molecule has 2 heteroatoms. The zero-order valence-corrected chi connectivity index (χ0v) is 5.83. The molecule has 0 rings (SSSR count). The summed E-state index contributed by atoms with van der Waals surface area (Å²) in [5, 5.41) is 0. The van der Waals surface area contributed by atoms with Crippen LogP contribution in [-0.4, -0.2) is 0 Å². The fraction of sp³-hybridized carbons (Fsp3) is 0.200. The van der Waals surface area contributed by atoms with Crippen LogP contribution in [0, 0.1) is 0 Å². The minimum absolute atomic E-state index is 0.572. The van der Waals surface area contributed by atoms with Gasteiger partial charge < -0.3 is 5.73 Å². The smallest absolute Gasteiger partial charge is 0.0382 e. The maximum atomic E-state index is 5.24. The molecule has 1 nitrogen and oxygen atoms in total. The second kappa shape index (κ2) is 2.86. The molecule has 0 fully saturated rings. The van der Waals surface area contributed by atoms with E-state index >= 15 is 0 Å². The van der Waals surface area contributed by atoms with Crippen LogP contribution in [-0.2, 0) is 0 Å². The minimum Gasteiger partial charge on any atom is -0.398 e. The second-order valence-electron chi connectivity index (χ2n) is 1.16. The molecular formula is C5H8BrN. The quantitative estimate of drug-likeness (QED) is 0.584. The first-order valence-electron chi connectivity index (χ1n) is 1.95. The summed E-state index contributed by atoms with van der Waals surface area (Å²) in [4.78, 5) is 0. The van der Waals surface area contributed by atoms with E-state index in [1.165, 1.54) is 0 Å². The number of nitrogens with two attached hydrogens (primary N) is 1. The fourth-order valence-electron chi connectivity index (χ4n) is 0.185. The van der Waals surface area contributed by atoms with Crippen molar-refractivity contribution in [2.75, 3.05) is 0 Å². The molecule has 7 heavy (non-hydrogen) atoms. The topological polar surface area (TPSA) is 26.0 Å². The Kier molecular flexibility index (Phi) is 2.76. The third kappa shape index (κ3) is 2.45. The molecule has 0 aliphatic heterocycles. The van der Waals surface area contributed by atoms with Crippen molar-refractivity contribution in [2.24, 2.45) is 5.73 Å². The Hall–Kier alpha value is -0.240. The Morgan fingerprint density at radius 3 is 2.29 bits per heavy atom. The van der Waals surface area contributed by atoms with Crippen molar-refractivity contribution in [3.8, 4) is 0 Å². The zero-order valence-electron chi connectivity index (χ0n) is 4.24. The Balaban J connectivity index is 3.82. The molecule has 0 heterocycles. The summed E-state index contributed by atoms with van der Waals surface area (Å²) in [5.74, 6) is 0. The van der Waals surface area contributed by atoms with E-state index in [-0.39, 0.29) is 0 Å². The van der Waals surface area contributed by atoms with Crippen molar-refractivity contribution in [3.63, 3.8) is 0 Å². The van der Waals surface area contributed by atoms with Gasteiger partial charge in [-0.2, -0.15) is 0 Å². The minimum atomic E-state index is 0.572. The summed E-state index contributed by atoms with van der Waals surface area (Å²) in [7, 11) is 0. The lowest BCUT2D eigenvalue weighted by Gasteiger charge is -1.90. The van der Waals surface area contributed by atoms with E-state index in [2.05, 4.69) is 22.5 Å². The lowest BCUT2D eigenvalue weighted by Crippen LogP contribution is -1.92. The Labute approximate surface area is 52.0 Å². The number of rotatable bonds is 1. The van der Waals surface area contributed by atoms with E-state index in [9.17, 15) is 0 Å². The van der Waals surface area contributed by atoms with Crippen molar-refractivity contribution >= 4 is 15.9 Å². The van der Waals surface area contributed by atoms with E-state index in [1.54, 1.807) is 0 Å². The number of allylic oxidation sites excluding steroid dienone is 2. The monoisotopic (exact) mass is 161 g/mol. The van der Waals surface area contributed by atoms with Gasteiger partial charge in [-0.15, -0.1) is 0 Å². The maximum Gasteiger partial charge on any atom is 0.0382 e. The molecular weight excluding hydrogens is 154 g/mol. The average molecular weight is 162 g/mol. The second-order valence-corrected chi connectivity index (χ2v) is 2.02. The van der Waals surface area contributed by atoms with E-state index in [0.717, 1.165) is 4.48 Å². The Morgan fingerprint density at radius 2 is 2.29 bits per heavy atom. The molecule has 0 amide bonds. The van der Waals surface area contributed by atoms with Crippen molar-refractivity contribution in [1.29, 1.82) is 0 Å². The summed E-state index contributed by atoms with van der Waals surface area (Å²) in [6.45, 7) is 5.38. The number of hydrogen-bond donors (Lipinski definition) is 1. The molecule has 0 aliphatic carbocycles. The van der Waals surface area contributed by atoms with Gasteiger partial charge in [-0.05, 0) is 22.9 Å². The maximum absolute atomic E-state index is 5.24. The van der Waals surface area contributed by atoms with Crippen molar-refractivity contribution < 1.29 is 0 Å². The first-order chi connectivity index (χ1) is 3.18. The number of halogens is 1. The molecule has 0 atom stereocenters. The summed E-state index contributed by atoms with van der Waals surface area (Å²) >= 11 is 3.18. The van der Waals surface area contributed by atoms with Crippen LogP contribution in [0.15, 0.2) is 22.8 Å².